The van der Waals surface area contributed by atoms with Gasteiger partial charge < -0.3 is 38.3 Å². The van der Waals surface area contributed by atoms with Crippen molar-refractivity contribution >= 4 is 42.2 Å². The van der Waals surface area contributed by atoms with Gasteiger partial charge in [0.2, 0.25) is 23.6 Å². The van der Waals surface area contributed by atoms with E-state index in [1.165, 1.54) is 0 Å². The Balaban J connectivity index is 2.88. The fourth-order valence-corrected chi connectivity index (χ4v) is 3.52. The highest BCUT2D eigenvalue weighted by Gasteiger charge is 2.30. The Morgan fingerprint density at radius 1 is 0.861 bits per heavy atom. The van der Waals surface area contributed by atoms with E-state index in [0.29, 0.717) is 31.4 Å². The van der Waals surface area contributed by atoms with Gasteiger partial charge in [-0.15, -0.1) is 0 Å². The molecule has 0 heterocycles. The van der Waals surface area contributed by atoms with E-state index in [1.807, 2.05) is 0 Å². The molecule has 0 saturated heterocycles. The van der Waals surface area contributed by atoms with E-state index in [1.54, 1.807) is 30.3 Å². The summed E-state index contributed by atoms with van der Waals surface area (Å²) in [4.78, 5) is 61.1. The first-order valence-electron chi connectivity index (χ1n) is 11.6. The molecule has 1 aromatic carbocycles. The van der Waals surface area contributed by atoms with Crippen LogP contribution in [0.25, 0.3) is 0 Å². The van der Waals surface area contributed by atoms with Gasteiger partial charge in [0.1, 0.15) is 18.1 Å². The molecule has 13 heteroatoms. The zero-order valence-corrected chi connectivity index (χ0v) is 20.9. The summed E-state index contributed by atoms with van der Waals surface area (Å²) in [6.45, 7) is 0.471. The zero-order valence-electron chi connectivity index (χ0n) is 20.0. The molecule has 1 rings (SSSR count). The van der Waals surface area contributed by atoms with Crippen LogP contribution >= 0.6 is 12.6 Å². The van der Waals surface area contributed by atoms with E-state index in [9.17, 15) is 29.1 Å². The van der Waals surface area contributed by atoms with Crippen LogP contribution < -0.4 is 33.2 Å². The lowest BCUT2D eigenvalue weighted by Gasteiger charge is -2.24. The zero-order chi connectivity index (χ0) is 27.1. The molecule has 0 spiro atoms. The summed E-state index contributed by atoms with van der Waals surface area (Å²) in [5.74, 6) is -4.18. The van der Waals surface area contributed by atoms with Gasteiger partial charge in [-0.05, 0) is 31.4 Å². The summed E-state index contributed by atoms with van der Waals surface area (Å²) >= 11 is 4.10. The molecule has 1 aromatic rings. The number of primary amides is 1. The quantitative estimate of drug-likeness (QED) is 0.0875. The highest BCUT2D eigenvalue weighted by molar-refractivity contribution is 7.80. The Bertz CT molecular complexity index is 887. The number of benzene rings is 1. The Morgan fingerprint density at radius 3 is 2.00 bits per heavy atom. The third-order valence-corrected chi connectivity index (χ3v) is 5.70. The van der Waals surface area contributed by atoms with Gasteiger partial charge in [0.05, 0.1) is 6.04 Å². The number of rotatable bonds is 17. The van der Waals surface area contributed by atoms with Crippen molar-refractivity contribution in [2.75, 3.05) is 12.3 Å². The molecule has 0 aliphatic rings. The minimum absolute atomic E-state index is 0.00969. The van der Waals surface area contributed by atoms with Gasteiger partial charge in [0.15, 0.2) is 0 Å². The maximum Gasteiger partial charge on any atom is 0.326 e. The van der Waals surface area contributed by atoms with Gasteiger partial charge >= 0.3 is 5.97 Å². The number of carbonyl (C=O) groups excluding carboxylic acids is 4. The summed E-state index contributed by atoms with van der Waals surface area (Å²) in [7, 11) is 0. The molecule has 0 radical (unpaired) electrons. The Kier molecular flexibility index (Phi) is 14.1. The molecular formula is C23H36N6O6S. The van der Waals surface area contributed by atoms with E-state index in [4.69, 9.17) is 17.2 Å². The van der Waals surface area contributed by atoms with Crippen LogP contribution in [0.15, 0.2) is 30.3 Å². The van der Waals surface area contributed by atoms with Crippen molar-refractivity contribution in [3.05, 3.63) is 35.9 Å². The number of thiol groups is 1. The molecule has 0 fully saturated rings. The molecule has 12 nitrogen and oxygen atoms in total. The predicted molar refractivity (Wildman–Crippen MR) is 137 cm³/mol. The second-order valence-corrected chi connectivity index (χ2v) is 8.66. The second-order valence-electron chi connectivity index (χ2n) is 8.29. The highest BCUT2D eigenvalue weighted by atomic mass is 32.1. The van der Waals surface area contributed by atoms with E-state index in [2.05, 4.69) is 28.6 Å². The number of nitrogens with one attached hydrogen (secondary N) is 3. The van der Waals surface area contributed by atoms with Crippen LogP contribution in [0.1, 0.15) is 37.7 Å². The van der Waals surface area contributed by atoms with Crippen LogP contribution in [0, 0.1) is 0 Å². The summed E-state index contributed by atoms with van der Waals surface area (Å²) in [6, 6.07) is 4.16. The SMILES string of the molecule is NCCCCC(N)C(=O)NC(CS)C(=O)NC(CCC(N)=O)C(=O)NC(Cc1ccccc1)C(=O)O. The molecule has 36 heavy (non-hydrogen) atoms. The summed E-state index contributed by atoms with van der Waals surface area (Å²) in [6.07, 6.45) is 1.33. The maximum atomic E-state index is 12.9. The van der Waals surface area contributed by atoms with Gasteiger partial charge in [-0.3, -0.25) is 19.2 Å². The van der Waals surface area contributed by atoms with Crippen molar-refractivity contribution in [1.29, 1.82) is 0 Å². The number of hydrogen-bond acceptors (Lipinski definition) is 8. The first-order chi connectivity index (χ1) is 17.1. The highest BCUT2D eigenvalue weighted by Crippen LogP contribution is 2.06. The second kappa shape index (κ2) is 16.5. The van der Waals surface area contributed by atoms with Crippen LogP contribution in [0.3, 0.4) is 0 Å². The van der Waals surface area contributed by atoms with Crippen molar-refractivity contribution in [3.8, 4) is 0 Å². The molecule has 10 N–H and O–H groups in total. The predicted octanol–water partition coefficient (Wildman–Crippen LogP) is -1.58. The van der Waals surface area contributed by atoms with Crippen molar-refractivity contribution < 1.29 is 29.1 Å². The number of unbranched alkanes of at least 4 members (excludes halogenated alkanes) is 1. The first-order valence-corrected chi connectivity index (χ1v) is 12.2. The maximum absolute atomic E-state index is 12.9. The fourth-order valence-electron chi connectivity index (χ4n) is 3.26. The third-order valence-electron chi connectivity index (χ3n) is 5.33. The van der Waals surface area contributed by atoms with Gasteiger partial charge in [0, 0.05) is 18.6 Å². The van der Waals surface area contributed by atoms with E-state index in [0.717, 1.165) is 0 Å². The Labute approximate surface area is 215 Å². The number of amides is 4. The number of carboxylic acid groups (broad SMARTS) is 1. The molecule has 0 saturated carbocycles. The van der Waals surface area contributed by atoms with Gasteiger partial charge in [-0.25, -0.2) is 4.79 Å². The van der Waals surface area contributed by atoms with Crippen molar-refractivity contribution in [2.24, 2.45) is 17.2 Å². The van der Waals surface area contributed by atoms with Crippen LogP contribution in [-0.4, -0.2) is 71.2 Å². The van der Waals surface area contributed by atoms with Crippen LogP contribution in [0.2, 0.25) is 0 Å². The molecule has 4 amide bonds. The lowest BCUT2D eigenvalue weighted by Crippen LogP contribution is -2.58. The van der Waals surface area contributed by atoms with Gasteiger partial charge in [0.25, 0.3) is 0 Å². The van der Waals surface area contributed by atoms with Gasteiger partial charge in [-0.2, -0.15) is 12.6 Å². The largest absolute Gasteiger partial charge is 0.480 e. The van der Waals surface area contributed by atoms with Crippen LogP contribution in [-0.2, 0) is 30.4 Å². The average molecular weight is 525 g/mol. The van der Waals surface area contributed by atoms with Crippen molar-refractivity contribution in [2.45, 2.75) is 62.7 Å². The normalized spacial score (nSPS) is 14.1. The standard InChI is InChI=1S/C23H36N6O6S/c24-11-5-4-8-15(25)20(31)29-18(13-36)22(33)27-16(9-10-19(26)30)21(32)28-17(23(34)35)12-14-6-2-1-3-7-14/h1-3,6-7,15-18,36H,4-5,8-13,24-25H2,(H2,26,30)(H,27,33)(H,28,32)(H,29,31)(H,34,35). The minimum Gasteiger partial charge on any atom is -0.480 e. The molecule has 0 aliphatic heterocycles. The molecular weight excluding hydrogens is 488 g/mol. The Morgan fingerprint density at radius 2 is 1.44 bits per heavy atom. The first kappa shape index (κ1) is 30.9. The summed E-state index contributed by atoms with van der Waals surface area (Å²) in [5, 5.41) is 16.9. The monoisotopic (exact) mass is 524 g/mol. The Hall–Kier alpha value is -3.16. The van der Waals surface area contributed by atoms with Crippen LogP contribution in [0.5, 0.6) is 0 Å². The fraction of sp³-hybridized carbons (Fsp3) is 0.522. The van der Waals surface area contributed by atoms with E-state index in [-0.39, 0.29) is 25.0 Å². The minimum atomic E-state index is -1.28. The lowest BCUT2D eigenvalue weighted by molar-refractivity contribution is -0.142. The summed E-state index contributed by atoms with van der Waals surface area (Å²) in [5.41, 5.74) is 17.2. The molecule has 4 atom stereocenters. The third kappa shape index (κ3) is 11.5. The lowest BCUT2D eigenvalue weighted by atomic mass is 10.0. The number of carbonyl (C=O) groups is 5. The number of nitrogens with two attached hydrogens (primary N) is 3. The molecule has 0 aliphatic carbocycles. The average Bonchev–Trinajstić information content (AvgIpc) is 2.84. The molecule has 0 bridgehead atoms. The van der Waals surface area contributed by atoms with Crippen LogP contribution in [0.4, 0.5) is 0 Å². The van der Waals surface area contributed by atoms with Crippen molar-refractivity contribution in [3.63, 3.8) is 0 Å². The van der Waals surface area contributed by atoms with E-state index >= 15 is 0 Å². The van der Waals surface area contributed by atoms with Crippen molar-refractivity contribution in [1.82, 2.24) is 16.0 Å². The number of hydrogen-bond donors (Lipinski definition) is 8. The molecule has 4 unspecified atom stereocenters. The smallest absolute Gasteiger partial charge is 0.326 e. The van der Waals surface area contributed by atoms with E-state index < -0.39 is 53.8 Å². The molecule has 200 valence electrons. The number of aliphatic carboxylic acids is 1. The molecule has 0 aromatic heterocycles. The summed E-state index contributed by atoms with van der Waals surface area (Å²) < 4.78 is 0. The number of carboxylic acids is 1. The van der Waals surface area contributed by atoms with Gasteiger partial charge in [-0.1, -0.05) is 36.8 Å². The topological polar surface area (TPSA) is 220 Å².